The number of carbonyl (C=O) groups is 1. The van der Waals surface area contributed by atoms with Crippen molar-refractivity contribution in [1.82, 2.24) is 9.88 Å². The van der Waals surface area contributed by atoms with Gasteiger partial charge in [-0.3, -0.25) is 4.79 Å². The van der Waals surface area contributed by atoms with Gasteiger partial charge in [0.15, 0.2) is 0 Å². The Morgan fingerprint density at radius 1 is 1.25 bits per heavy atom. The zero-order valence-electron chi connectivity index (χ0n) is 13.3. The topological polar surface area (TPSA) is 45.3 Å². The second kappa shape index (κ2) is 5.67. The van der Waals surface area contributed by atoms with E-state index in [1.807, 2.05) is 18.2 Å². The number of fused-ring (bicyclic) bond motifs is 3. The van der Waals surface area contributed by atoms with E-state index in [2.05, 4.69) is 4.98 Å². The Hall–Kier alpha value is -2.82. The van der Waals surface area contributed by atoms with Crippen LogP contribution in [0.1, 0.15) is 21.6 Å². The van der Waals surface area contributed by atoms with Crippen LogP contribution in [0.5, 0.6) is 5.75 Å². The van der Waals surface area contributed by atoms with E-state index in [1.54, 1.807) is 24.1 Å². The number of rotatable bonds is 2. The Labute approximate surface area is 138 Å². The number of aromatic nitrogens is 1. The van der Waals surface area contributed by atoms with Gasteiger partial charge < -0.3 is 14.6 Å². The number of benzene rings is 2. The molecule has 122 valence electrons. The van der Waals surface area contributed by atoms with E-state index in [0.29, 0.717) is 18.7 Å². The second-order valence-electron chi connectivity index (χ2n) is 5.98. The van der Waals surface area contributed by atoms with Crippen LogP contribution >= 0.6 is 0 Å². The second-order valence-corrected chi connectivity index (χ2v) is 5.98. The molecule has 2 aromatic carbocycles. The molecule has 1 aliphatic heterocycles. The lowest BCUT2D eigenvalue weighted by Crippen LogP contribution is -2.35. The molecule has 0 bridgehead atoms. The number of nitrogens with zero attached hydrogens (tertiary/aromatic N) is 1. The van der Waals surface area contributed by atoms with Crippen LogP contribution in [0.2, 0.25) is 0 Å². The molecule has 1 N–H and O–H groups in total. The lowest BCUT2D eigenvalue weighted by atomic mass is 10.0. The quantitative estimate of drug-likeness (QED) is 0.784. The van der Waals surface area contributed by atoms with Crippen LogP contribution in [0.15, 0.2) is 42.5 Å². The molecular formula is C19H17FN2O2. The van der Waals surface area contributed by atoms with Gasteiger partial charge in [0.1, 0.15) is 11.6 Å². The van der Waals surface area contributed by atoms with Crippen LogP contribution in [0.25, 0.3) is 10.9 Å². The molecule has 1 amide bonds. The van der Waals surface area contributed by atoms with E-state index in [0.717, 1.165) is 34.3 Å². The highest BCUT2D eigenvalue weighted by Gasteiger charge is 2.25. The van der Waals surface area contributed by atoms with Gasteiger partial charge in [0.2, 0.25) is 0 Å². The first-order valence-corrected chi connectivity index (χ1v) is 7.88. The van der Waals surface area contributed by atoms with Crippen LogP contribution < -0.4 is 4.74 Å². The van der Waals surface area contributed by atoms with Crippen LogP contribution in [0.4, 0.5) is 4.39 Å². The summed E-state index contributed by atoms with van der Waals surface area (Å²) in [5, 5.41) is 1.07. The Morgan fingerprint density at radius 3 is 2.92 bits per heavy atom. The molecule has 1 aliphatic rings. The van der Waals surface area contributed by atoms with E-state index in [1.165, 1.54) is 12.1 Å². The average Bonchev–Trinajstić information content (AvgIpc) is 2.98. The van der Waals surface area contributed by atoms with Gasteiger partial charge in [0.25, 0.3) is 5.91 Å². The van der Waals surface area contributed by atoms with Crippen molar-refractivity contribution in [3.05, 3.63) is 65.1 Å². The van der Waals surface area contributed by atoms with Gasteiger partial charge in [-0.25, -0.2) is 4.39 Å². The van der Waals surface area contributed by atoms with Crippen molar-refractivity contribution in [2.75, 3.05) is 13.7 Å². The summed E-state index contributed by atoms with van der Waals surface area (Å²) in [6.45, 7) is 1.13. The molecule has 3 aromatic rings. The largest absolute Gasteiger partial charge is 0.497 e. The summed E-state index contributed by atoms with van der Waals surface area (Å²) in [5.41, 5.74) is 3.69. The number of amides is 1. The summed E-state index contributed by atoms with van der Waals surface area (Å²) in [6, 6.07) is 11.7. The minimum atomic E-state index is -0.393. The Bertz CT molecular complexity index is 932. The van der Waals surface area contributed by atoms with Crippen LogP contribution in [0, 0.1) is 5.82 Å². The van der Waals surface area contributed by atoms with Gasteiger partial charge in [0.05, 0.1) is 7.11 Å². The fourth-order valence-electron chi connectivity index (χ4n) is 3.30. The van der Waals surface area contributed by atoms with Crippen molar-refractivity contribution in [1.29, 1.82) is 0 Å². The summed E-state index contributed by atoms with van der Waals surface area (Å²) in [4.78, 5) is 17.9. The highest BCUT2D eigenvalue weighted by atomic mass is 19.1. The van der Waals surface area contributed by atoms with Crippen molar-refractivity contribution in [3.63, 3.8) is 0 Å². The fourth-order valence-corrected chi connectivity index (χ4v) is 3.30. The maximum absolute atomic E-state index is 13.4. The van der Waals surface area contributed by atoms with E-state index in [4.69, 9.17) is 4.74 Å². The number of carbonyl (C=O) groups excluding carboxylic acids is 1. The van der Waals surface area contributed by atoms with Gasteiger partial charge in [-0.05, 0) is 36.4 Å². The Kier molecular flexibility index (Phi) is 3.49. The Morgan fingerprint density at radius 2 is 2.12 bits per heavy atom. The summed E-state index contributed by atoms with van der Waals surface area (Å²) in [6.07, 6.45) is 0.757. The van der Waals surface area contributed by atoms with Crippen molar-refractivity contribution in [3.8, 4) is 5.75 Å². The minimum Gasteiger partial charge on any atom is -0.497 e. The monoisotopic (exact) mass is 324 g/mol. The molecule has 0 saturated heterocycles. The summed E-state index contributed by atoms with van der Waals surface area (Å²) < 4.78 is 18.7. The summed E-state index contributed by atoms with van der Waals surface area (Å²) >= 11 is 0. The molecular weight excluding hydrogens is 307 g/mol. The molecule has 0 saturated carbocycles. The predicted octanol–water partition coefficient (Wildman–Crippen LogP) is 3.51. The molecule has 24 heavy (non-hydrogen) atoms. The van der Waals surface area contributed by atoms with Gasteiger partial charge in [-0.2, -0.15) is 0 Å². The number of ether oxygens (including phenoxy) is 1. The predicted molar refractivity (Wildman–Crippen MR) is 89.7 cm³/mol. The van der Waals surface area contributed by atoms with Gasteiger partial charge >= 0.3 is 0 Å². The van der Waals surface area contributed by atoms with E-state index in [-0.39, 0.29) is 5.91 Å². The van der Waals surface area contributed by atoms with E-state index in [9.17, 15) is 9.18 Å². The first-order chi connectivity index (χ1) is 11.7. The standard InChI is InChI=1S/C19H17FN2O2/c1-24-14-5-6-17-15(10-14)16-11-22(8-7-18(16)21-17)19(23)12-3-2-4-13(20)9-12/h2-6,9-10,21H,7-8,11H2,1H3. The fraction of sp³-hybridized carbons (Fsp3) is 0.211. The Balaban J connectivity index is 1.68. The van der Waals surface area contributed by atoms with E-state index >= 15 is 0 Å². The molecule has 2 heterocycles. The lowest BCUT2D eigenvalue weighted by molar-refractivity contribution is 0.0734. The van der Waals surface area contributed by atoms with Crippen LogP contribution in [-0.4, -0.2) is 29.4 Å². The third-order valence-electron chi connectivity index (χ3n) is 4.54. The molecule has 0 aliphatic carbocycles. The van der Waals surface area contributed by atoms with Gasteiger partial charge in [0, 0.05) is 47.2 Å². The number of aromatic amines is 1. The first-order valence-electron chi connectivity index (χ1n) is 7.88. The molecule has 0 radical (unpaired) electrons. The molecule has 0 atom stereocenters. The van der Waals surface area contributed by atoms with Gasteiger partial charge in [-0.15, -0.1) is 0 Å². The lowest BCUT2D eigenvalue weighted by Gasteiger charge is -2.27. The number of H-pyrrole nitrogens is 1. The molecule has 4 rings (SSSR count). The van der Waals surface area contributed by atoms with Gasteiger partial charge in [-0.1, -0.05) is 6.07 Å². The molecule has 5 heteroatoms. The van der Waals surface area contributed by atoms with E-state index < -0.39 is 5.82 Å². The number of hydrogen-bond acceptors (Lipinski definition) is 2. The van der Waals surface area contributed by atoms with Crippen LogP contribution in [0.3, 0.4) is 0 Å². The zero-order valence-corrected chi connectivity index (χ0v) is 13.3. The number of methoxy groups -OCH3 is 1. The summed E-state index contributed by atoms with van der Waals surface area (Å²) in [7, 11) is 1.64. The highest BCUT2D eigenvalue weighted by Crippen LogP contribution is 2.31. The number of nitrogens with one attached hydrogen (secondary N) is 1. The maximum Gasteiger partial charge on any atom is 0.254 e. The molecule has 1 aromatic heterocycles. The van der Waals surface area contributed by atoms with Crippen molar-refractivity contribution in [2.45, 2.75) is 13.0 Å². The third kappa shape index (κ3) is 2.42. The first kappa shape index (κ1) is 14.8. The average molecular weight is 324 g/mol. The third-order valence-corrected chi connectivity index (χ3v) is 4.54. The number of halogens is 1. The summed E-state index contributed by atoms with van der Waals surface area (Å²) in [5.74, 6) is 0.255. The molecule has 0 fully saturated rings. The normalized spacial score (nSPS) is 13.8. The molecule has 4 nitrogen and oxygen atoms in total. The SMILES string of the molecule is COc1ccc2[nH]c3c(c2c1)CN(C(=O)c1cccc(F)c1)CC3. The van der Waals surface area contributed by atoms with Crippen molar-refractivity contribution >= 4 is 16.8 Å². The highest BCUT2D eigenvalue weighted by molar-refractivity contribution is 5.95. The minimum absolute atomic E-state index is 0.141. The van der Waals surface area contributed by atoms with Crippen molar-refractivity contribution < 1.29 is 13.9 Å². The van der Waals surface area contributed by atoms with Crippen LogP contribution in [-0.2, 0) is 13.0 Å². The zero-order chi connectivity index (χ0) is 16.7. The molecule has 0 unspecified atom stereocenters. The van der Waals surface area contributed by atoms with Crippen molar-refractivity contribution in [2.24, 2.45) is 0 Å². The molecule has 0 spiro atoms. The number of hydrogen-bond donors (Lipinski definition) is 1. The smallest absolute Gasteiger partial charge is 0.254 e. The maximum atomic E-state index is 13.4.